The van der Waals surface area contributed by atoms with Gasteiger partial charge in [0.2, 0.25) is 0 Å². The molecule has 4 aromatic rings. The molecule has 0 heterocycles. The van der Waals surface area contributed by atoms with Crippen LogP contribution in [0.2, 0.25) is 0 Å². The average molecular weight is 272 g/mol. The van der Waals surface area contributed by atoms with Gasteiger partial charge < -0.3 is 5.11 Å². The van der Waals surface area contributed by atoms with Crippen LogP contribution in [0, 0.1) is 0 Å². The van der Waals surface area contributed by atoms with Crippen molar-refractivity contribution in [2.75, 3.05) is 0 Å². The van der Waals surface area contributed by atoms with Crippen molar-refractivity contribution in [3.63, 3.8) is 0 Å². The van der Waals surface area contributed by atoms with Gasteiger partial charge in [0, 0.05) is 0 Å². The molecule has 0 aliphatic rings. The Morgan fingerprint density at radius 3 is 2.05 bits per heavy atom. The summed E-state index contributed by atoms with van der Waals surface area (Å²) in [5, 5.41) is 15.9. The Balaban J connectivity index is 2.14. The monoisotopic (exact) mass is 272 g/mol. The second-order valence-electron chi connectivity index (χ2n) is 5.19. The van der Waals surface area contributed by atoms with Crippen molar-refractivity contribution in [1.29, 1.82) is 0 Å². The summed E-state index contributed by atoms with van der Waals surface area (Å²) in [6.45, 7) is 0. The largest absolute Gasteiger partial charge is 0.478 e. The maximum Gasteiger partial charge on any atom is 0.335 e. The molecule has 0 saturated heterocycles. The number of carboxylic acids is 1. The van der Waals surface area contributed by atoms with Crippen molar-refractivity contribution in [2.45, 2.75) is 0 Å². The van der Waals surface area contributed by atoms with Crippen LogP contribution < -0.4 is 0 Å². The van der Waals surface area contributed by atoms with E-state index in [9.17, 15) is 4.79 Å². The third-order valence-electron chi connectivity index (χ3n) is 3.99. The average Bonchev–Trinajstić information content (AvgIpc) is 2.53. The molecule has 0 aliphatic carbocycles. The van der Waals surface area contributed by atoms with Gasteiger partial charge in [0.05, 0.1) is 5.56 Å². The number of carbonyl (C=O) groups is 1. The van der Waals surface area contributed by atoms with Gasteiger partial charge in [0.15, 0.2) is 0 Å². The molecule has 0 unspecified atom stereocenters. The SMILES string of the molecule is O=C(O)c1ccc2c(ccc3c4ccccc4ccc23)c1. The first kappa shape index (κ1) is 11.9. The number of fused-ring (bicyclic) bond motifs is 5. The molecule has 0 radical (unpaired) electrons. The summed E-state index contributed by atoms with van der Waals surface area (Å²) >= 11 is 0. The van der Waals surface area contributed by atoms with Crippen LogP contribution in [0.15, 0.2) is 66.7 Å². The quantitative estimate of drug-likeness (QED) is 0.503. The molecule has 0 aliphatic heterocycles. The molecule has 0 saturated carbocycles. The minimum atomic E-state index is -0.893. The Bertz CT molecular complexity index is 1020. The van der Waals surface area contributed by atoms with Gasteiger partial charge in [0.25, 0.3) is 0 Å². The Hall–Kier alpha value is -2.87. The standard InChI is InChI=1S/C19H12O2/c20-19(21)14-7-8-16-13(11-14)6-10-17-15-4-2-1-3-12(15)5-9-18(16)17/h1-11H,(H,20,21). The van der Waals surface area contributed by atoms with Crippen LogP contribution in [0.4, 0.5) is 0 Å². The number of carboxylic acid groups (broad SMARTS) is 1. The van der Waals surface area contributed by atoms with Crippen LogP contribution in [0.3, 0.4) is 0 Å². The highest BCUT2D eigenvalue weighted by Gasteiger charge is 2.07. The number of rotatable bonds is 1. The first-order valence-electron chi connectivity index (χ1n) is 6.81. The van der Waals surface area contributed by atoms with Crippen LogP contribution in [0.1, 0.15) is 10.4 Å². The van der Waals surface area contributed by atoms with Gasteiger partial charge in [-0.3, -0.25) is 0 Å². The van der Waals surface area contributed by atoms with Gasteiger partial charge in [-0.25, -0.2) is 4.79 Å². The van der Waals surface area contributed by atoms with Gasteiger partial charge in [0.1, 0.15) is 0 Å². The zero-order valence-electron chi connectivity index (χ0n) is 11.2. The molecule has 21 heavy (non-hydrogen) atoms. The van der Waals surface area contributed by atoms with Crippen LogP contribution in [-0.4, -0.2) is 11.1 Å². The van der Waals surface area contributed by atoms with Crippen LogP contribution >= 0.6 is 0 Å². The van der Waals surface area contributed by atoms with Crippen molar-refractivity contribution >= 4 is 38.3 Å². The molecule has 0 fully saturated rings. The number of hydrogen-bond acceptors (Lipinski definition) is 1. The van der Waals surface area contributed by atoms with E-state index in [-0.39, 0.29) is 0 Å². The van der Waals surface area contributed by atoms with Gasteiger partial charge in [-0.05, 0) is 44.5 Å². The summed E-state index contributed by atoms with van der Waals surface area (Å²) < 4.78 is 0. The molecule has 2 nitrogen and oxygen atoms in total. The third kappa shape index (κ3) is 1.77. The third-order valence-corrected chi connectivity index (χ3v) is 3.99. The van der Waals surface area contributed by atoms with Gasteiger partial charge in [-0.2, -0.15) is 0 Å². The van der Waals surface area contributed by atoms with Crippen molar-refractivity contribution in [2.24, 2.45) is 0 Å². The Morgan fingerprint density at radius 1 is 0.667 bits per heavy atom. The van der Waals surface area contributed by atoms with E-state index in [1.165, 1.54) is 16.2 Å². The fourth-order valence-corrected chi connectivity index (χ4v) is 2.96. The summed E-state index contributed by atoms with van der Waals surface area (Å²) in [6.07, 6.45) is 0. The zero-order chi connectivity index (χ0) is 14.4. The first-order chi connectivity index (χ1) is 10.2. The van der Waals surface area contributed by atoms with Gasteiger partial charge in [-0.1, -0.05) is 54.6 Å². The fraction of sp³-hybridized carbons (Fsp3) is 0. The summed E-state index contributed by atoms with van der Waals surface area (Å²) in [5.41, 5.74) is 0.322. The maximum absolute atomic E-state index is 11.1. The minimum Gasteiger partial charge on any atom is -0.478 e. The molecule has 4 rings (SSSR count). The van der Waals surface area contributed by atoms with Crippen LogP contribution in [-0.2, 0) is 0 Å². The summed E-state index contributed by atoms with van der Waals surface area (Å²) in [7, 11) is 0. The lowest BCUT2D eigenvalue weighted by molar-refractivity contribution is 0.0697. The van der Waals surface area contributed by atoms with Crippen molar-refractivity contribution < 1.29 is 9.90 Å². The van der Waals surface area contributed by atoms with Crippen molar-refractivity contribution in [1.82, 2.24) is 0 Å². The highest BCUT2D eigenvalue weighted by atomic mass is 16.4. The molecular formula is C19H12O2. The zero-order valence-corrected chi connectivity index (χ0v) is 11.2. The number of hydrogen-bond donors (Lipinski definition) is 1. The van der Waals surface area contributed by atoms with E-state index in [0.29, 0.717) is 5.56 Å². The number of benzene rings is 4. The minimum absolute atomic E-state index is 0.322. The lowest BCUT2D eigenvalue weighted by Crippen LogP contribution is -1.95. The lowest BCUT2D eigenvalue weighted by atomic mass is 9.96. The van der Waals surface area contributed by atoms with Crippen molar-refractivity contribution in [3.05, 3.63) is 72.3 Å². The highest BCUT2D eigenvalue weighted by Crippen LogP contribution is 2.31. The topological polar surface area (TPSA) is 37.3 Å². The first-order valence-corrected chi connectivity index (χ1v) is 6.81. The lowest BCUT2D eigenvalue weighted by Gasteiger charge is -2.08. The highest BCUT2D eigenvalue weighted by molar-refractivity contribution is 6.17. The van der Waals surface area contributed by atoms with E-state index in [1.54, 1.807) is 12.1 Å². The predicted octanol–water partition coefficient (Wildman–Crippen LogP) is 4.84. The normalized spacial score (nSPS) is 11.2. The van der Waals surface area contributed by atoms with E-state index in [0.717, 1.165) is 16.2 Å². The molecule has 100 valence electrons. The molecule has 0 amide bonds. The molecule has 0 bridgehead atoms. The van der Waals surface area contributed by atoms with Gasteiger partial charge >= 0.3 is 5.97 Å². The molecule has 0 spiro atoms. The molecule has 2 heteroatoms. The predicted molar refractivity (Wildman–Crippen MR) is 85.9 cm³/mol. The smallest absolute Gasteiger partial charge is 0.335 e. The van der Waals surface area contributed by atoms with E-state index in [1.807, 2.05) is 24.3 Å². The van der Waals surface area contributed by atoms with Gasteiger partial charge in [-0.15, -0.1) is 0 Å². The van der Waals surface area contributed by atoms with Crippen LogP contribution in [0.5, 0.6) is 0 Å². The Kier molecular flexibility index (Phi) is 2.45. The Labute approximate surface area is 121 Å². The van der Waals surface area contributed by atoms with E-state index in [2.05, 4.69) is 30.3 Å². The second-order valence-corrected chi connectivity index (χ2v) is 5.19. The number of aromatic carboxylic acids is 1. The molecule has 0 aromatic heterocycles. The van der Waals surface area contributed by atoms with E-state index in [4.69, 9.17) is 5.11 Å². The molecule has 0 atom stereocenters. The summed E-state index contributed by atoms with van der Waals surface area (Å²) in [5.74, 6) is -0.893. The summed E-state index contributed by atoms with van der Waals surface area (Å²) in [4.78, 5) is 11.1. The summed E-state index contributed by atoms with van der Waals surface area (Å²) in [6, 6.07) is 21.9. The van der Waals surface area contributed by atoms with Crippen LogP contribution in [0.25, 0.3) is 32.3 Å². The fourth-order valence-electron chi connectivity index (χ4n) is 2.96. The van der Waals surface area contributed by atoms with Crippen molar-refractivity contribution in [3.8, 4) is 0 Å². The molecule has 4 aromatic carbocycles. The molecule has 1 N–H and O–H groups in total. The van der Waals surface area contributed by atoms with E-state index < -0.39 is 5.97 Å². The maximum atomic E-state index is 11.1. The molecular weight excluding hydrogens is 260 g/mol. The Morgan fingerprint density at radius 2 is 1.29 bits per heavy atom. The van der Waals surface area contributed by atoms with E-state index >= 15 is 0 Å². The second kappa shape index (κ2) is 4.32.